The molecule has 6 atom stereocenters. The van der Waals surface area contributed by atoms with Crippen molar-refractivity contribution < 1.29 is 53.2 Å². The van der Waals surface area contributed by atoms with Crippen LogP contribution in [0.2, 0.25) is 0 Å². The molecule has 0 unspecified atom stereocenters. The lowest BCUT2D eigenvalue weighted by molar-refractivity contribution is -0.157. The highest BCUT2D eigenvalue weighted by Crippen LogP contribution is 2.52. The van der Waals surface area contributed by atoms with Crippen LogP contribution in [0.1, 0.15) is 57.8 Å². The molecule has 1 aromatic heterocycles. The first-order valence-electron chi connectivity index (χ1n) is 31.3. The summed E-state index contributed by atoms with van der Waals surface area (Å²) < 4.78 is 11.5. The first-order chi connectivity index (χ1) is 46.6. The van der Waals surface area contributed by atoms with Gasteiger partial charge in [-0.05, 0) is 106 Å². The van der Waals surface area contributed by atoms with Crippen LogP contribution in [-0.2, 0) is 28.7 Å². The molecule has 0 aliphatic carbocycles. The van der Waals surface area contributed by atoms with Gasteiger partial charge in [0.2, 0.25) is 11.8 Å². The molecule has 2 saturated heterocycles. The maximum atomic E-state index is 14.6. The van der Waals surface area contributed by atoms with E-state index in [-0.39, 0.29) is 54.4 Å². The number of nitrogens with one attached hydrogen (secondary N) is 1. The first-order valence-corrected chi connectivity index (χ1v) is 34.8. The van der Waals surface area contributed by atoms with Gasteiger partial charge >= 0.3 is 11.9 Å². The van der Waals surface area contributed by atoms with Gasteiger partial charge in [0.25, 0.3) is 5.91 Å². The van der Waals surface area contributed by atoms with Gasteiger partial charge in [0.05, 0.1) is 41.7 Å². The predicted molar refractivity (Wildman–Crippen MR) is 382 cm³/mol. The first kappa shape index (κ1) is 68.3. The summed E-state index contributed by atoms with van der Waals surface area (Å²) >= 11 is 0. The van der Waals surface area contributed by atoms with E-state index in [1.54, 1.807) is 66.9 Å². The zero-order valence-electron chi connectivity index (χ0n) is 53.0. The van der Waals surface area contributed by atoms with Crippen molar-refractivity contribution in [3.8, 4) is 0 Å². The number of aliphatic hydroxyl groups excluding tert-OH is 2. The number of carbonyl (C=O) groups is 7. The Balaban J connectivity index is 0.000000212. The van der Waals surface area contributed by atoms with Gasteiger partial charge < -0.3 is 40.5 Å². The molecule has 18 heteroatoms. The Morgan fingerprint density at radius 1 is 0.490 bits per heavy atom. The van der Waals surface area contributed by atoms with Gasteiger partial charge in [0.15, 0.2) is 11.6 Å². The fourth-order valence-electron chi connectivity index (χ4n) is 12.6. The van der Waals surface area contributed by atoms with Crippen molar-refractivity contribution in [3.05, 3.63) is 297 Å². The minimum absolute atomic E-state index is 0.0718. The summed E-state index contributed by atoms with van der Waals surface area (Å²) in [7, 11) is 0. The summed E-state index contributed by atoms with van der Waals surface area (Å²) in [6, 6.07) is 72.2. The lowest BCUT2D eigenvalue weighted by atomic mass is 9.79. The number of nitrogens with zero attached hydrogens (tertiary/aromatic N) is 3. The van der Waals surface area contributed by atoms with E-state index in [0.717, 1.165) is 31.8 Å². The monoisotopic (exact) mass is 1320 g/mol. The normalized spacial score (nSPS) is 16.3. The third-order valence-corrected chi connectivity index (χ3v) is 25.5. The summed E-state index contributed by atoms with van der Waals surface area (Å²) in [5.74, 6) is -5.03. The number of rotatable bonds is 24. The number of carbonyl (C=O) groups excluding carboxylic acids is 7. The standard InChI is InChI=1S/C42H38N3O6P.C36H35N2O5P/c1-3-26-51-42(50)41(52(33-15-7-4-8-16-33,34-17-9-5-10-18-34)35-19-11-6-12-20-35)45-36(38(29(2)46)40(45)49)27-37(47)30-21-23-32(24-22-30)44-39(48)31-14-13-25-43-28-31;1-3-23-43-36(42)35(38-31(33(25(2)39)34(38)41)24-32(40)26-19-21-27(37)22-20-26)44(28-13-7-4-8-14-28,29-15-9-5-10-16-29)30-17-11-6-12-18-30/h3-25,28-29,36,38,46H,1,26-27H2,2H3,(H,44,48);3-22,25,31,33,39H,1,23-24,37H2,2H3/t29-,36-,38-;25-,31-,33-/m11/s1. The Kier molecular flexibility index (Phi) is 22.1. The number of Topliss-reactive ketones (excluding diaryl/α,β-unsaturated/α-hetero) is 2. The van der Waals surface area contributed by atoms with Gasteiger partial charge in [-0.2, -0.15) is 0 Å². The zero-order valence-corrected chi connectivity index (χ0v) is 54.8. The number of esters is 2. The Bertz CT molecular complexity index is 4180. The van der Waals surface area contributed by atoms with Gasteiger partial charge in [-0.3, -0.25) is 29.0 Å². The lowest BCUT2D eigenvalue weighted by Crippen LogP contribution is -2.68. The molecule has 0 saturated carbocycles. The van der Waals surface area contributed by atoms with Gasteiger partial charge in [0.1, 0.15) is 24.0 Å². The SMILES string of the molecule is C=CCOC(=O)C(N1C(=O)[C@H]([C@@H](C)O)[C@H]1CC(=O)c1ccc(N)cc1)=P(c1ccccc1)(c1ccccc1)c1ccccc1.C=CCOC(=O)C(N1C(=O)[C@H]([C@@H](C)O)[C@H]1CC(=O)c1ccc(NC(=O)c2cccnc2)cc1)=P(c1ccccc1)(c1ccccc1)c1ccccc1. The maximum absolute atomic E-state index is 14.6. The quantitative estimate of drug-likeness (QED) is 0.0111. The molecule has 8 aromatic carbocycles. The average Bonchev–Trinajstić information content (AvgIpc) is 0.711. The highest BCUT2D eigenvalue weighted by molar-refractivity contribution is 7.97. The molecule has 0 radical (unpaired) electrons. The number of nitrogens with two attached hydrogens (primary N) is 1. The number of amides is 3. The van der Waals surface area contributed by atoms with Crippen LogP contribution in [0.15, 0.2) is 280 Å². The second kappa shape index (κ2) is 31.1. The number of pyridine rings is 1. The number of β-lactam (4-membered cyclic amide) rings is 2. The van der Waals surface area contributed by atoms with Crippen molar-refractivity contribution in [1.82, 2.24) is 14.8 Å². The Morgan fingerprint density at radius 2 is 0.812 bits per heavy atom. The fourth-order valence-corrected chi connectivity index (χ4v) is 21.4. The number of aromatic nitrogens is 1. The second-order valence-electron chi connectivity index (χ2n) is 23.0. The number of hydrogen-bond acceptors (Lipinski definition) is 13. The van der Waals surface area contributed by atoms with Crippen LogP contribution in [0, 0.1) is 11.8 Å². The summed E-state index contributed by atoms with van der Waals surface area (Å²) in [4.78, 5) is 105. The Morgan fingerprint density at radius 3 is 1.10 bits per heavy atom. The zero-order chi connectivity index (χ0) is 67.9. The highest BCUT2D eigenvalue weighted by atomic mass is 31.2. The van der Waals surface area contributed by atoms with Crippen LogP contribution in [0.4, 0.5) is 11.4 Å². The minimum atomic E-state index is -3.20. The third-order valence-electron chi connectivity index (χ3n) is 17.0. The number of benzene rings is 8. The van der Waals surface area contributed by atoms with E-state index in [4.69, 9.17) is 15.2 Å². The molecule has 3 amide bonds. The molecule has 2 aliphatic heterocycles. The third kappa shape index (κ3) is 14.0. The average molecular weight is 1320 g/mol. The number of nitrogen functional groups attached to an aromatic ring is 1. The predicted octanol–water partition coefficient (Wildman–Crippen LogP) is 8.87. The van der Waals surface area contributed by atoms with E-state index < -0.39 is 73.7 Å². The summed E-state index contributed by atoms with van der Waals surface area (Å²) in [6.45, 7) is 3.97. The number of ether oxygens (including phenoxy) is 2. The highest BCUT2D eigenvalue weighted by Gasteiger charge is 2.57. The molecule has 9 aromatic rings. The Hall–Kier alpha value is -10.6. The van der Waals surface area contributed by atoms with Gasteiger partial charge in [0, 0.05) is 61.5 Å². The van der Waals surface area contributed by atoms with Crippen molar-refractivity contribution in [2.75, 3.05) is 24.3 Å². The van der Waals surface area contributed by atoms with E-state index in [1.807, 2.05) is 182 Å². The lowest BCUT2D eigenvalue weighted by Gasteiger charge is -2.50. The molecule has 11 rings (SSSR count). The molecule has 2 aliphatic rings. The van der Waals surface area contributed by atoms with E-state index >= 15 is 0 Å². The fraction of sp³-hybridized carbons (Fsp3) is 0.154. The number of aliphatic hydroxyl groups is 2. The second-order valence-corrected chi connectivity index (χ2v) is 29.6. The molecule has 0 spiro atoms. The smallest absolute Gasteiger partial charge is 0.356 e. The summed E-state index contributed by atoms with van der Waals surface area (Å²) in [6.07, 6.45) is 3.53. The van der Waals surface area contributed by atoms with Gasteiger partial charge in [-0.1, -0.05) is 207 Å². The van der Waals surface area contributed by atoms with E-state index in [2.05, 4.69) is 23.5 Å². The van der Waals surface area contributed by atoms with Crippen LogP contribution in [-0.4, -0.2) is 115 Å². The number of likely N-dealkylation sites (tertiary alicyclic amines) is 2. The minimum Gasteiger partial charge on any atom is -0.457 e. The molecule has 0 bridgehead atoms. The topological polar surface area (TPSA) is 236 Å². The maximum Gasteiger partial charge on any atom is 0.356 e. The van der Waals surface area contributed by atoms with Gasteiger partial charge in [-0.15, -0.1) is 0 Å². The number of ketones is 2. The van der Waals surface area contributed by atoms with E-state index in [9.17, 15) is 43.8 Å². The van der Waals surface area contributed by atoms with E-state index in [1.165, 1.54) is 42.0 Å². The largest absolute Gasteiger partial charge is 0.457 e. The van der Waals surface area contributed by atoms with Crippen LogP contribution in [0.5, 0.6) is 0 Å². The molecule has 2 fully saturated rings. The molecule has 96 heavy (non-hydrogen) atoms. The number of hydrogen-bond donors (Lipinski definition) is 4. The summed E-state index contributed by atoms with van der Waals surface area (Å²) in [5, 5.41) is 29.4. The van der Waals surface area contributed by atoms with Crippen molar-refractivity contribution in [3.63, 3.8) is 0 Å². The van der Waals surface area contributed by atoms with Crippen LogP contribution in [0.25, 0.3) is 0 Å². The molecule has 5 N–H and O–H groups in total. The molecule has 16 nitrogen and oxygen atoms in total. The van der Waals surface area contributed by atoms with Crippen molar-refractivity contribution in [2.45, 2.75) is 51.0 Å². The van der Waals surface area contributed by atoms with E-state index in [0.29, 0.717) is 28.1 Å². The number of anilines is 2. The van der Waals surface area contributed by atoms with Crippen molar-refractivity contribution in [2.24, 2.45) is 11.8 Å². The van der Waals surface area contributed by atoms with Gasteiger partial charge in [-0.25, -0.2) is 9.59 Å². The molecular formula is C78H73N5O11P2. The van der Waals surface area contributed by atoms with Crippen LogP contribution < -0.4 is 42.9 Å². The van der Waals surface area contributed by atoms with Crippen LogP contribution in [0.3, 0.4) is 0 Å². The van der Waals surface area contributed by atoms with Crippen molar-refractivity contribution >= 4 is 109 Å². The Labute approximate surface area is 558 Å². The molecule has 486 valence electrons. The molecule has 3 heterocycles. The molecular weight excluding hydrogens is 1240 g/mol. The summed E-state index contributed by atoms with van der Waals surface area (Å²) in [5.41, 5.74) is 8.27. The van der Waals surface area contributed by atoms with Crippen LogP contribution >= 0.6 is 13.8 Å². The van der Waals surface area contributed by atoms with Crippen molar-refractivity contribution in [1.29, 1.82) is 0 Å².